The second kappa shape index (κ2) is 9.59. The zero-order valence-corrected chi connectivity index (χ0v) is 19.2. The number of benzene rings is 1. The van der Waals surface area contributed by atoms with E-state index in [1.807, 2.05) is 54.8 Å². The van der Waals surface area contributed by atoms with Crippen LogP contribution in [-0.2, 0) is 5.75 Å². The average molecular weight is 471 g/mol. The van der Waals surface area contributed by atoms with Crippen molar-refractivity contribution >= 4 is 40.6 Å². The lowest BCUT2D eigenvalue weighted by molar-refractivity contribution is 0.0938. The molecule has 0 atom stereocenters. The van der Waals surface area contributed by atoms with Crippen molar-refractivity contribution in [2.24, 2.45) is 0 Å². The van der Waals surface area contributed by atoms with E-state index in [2.05, 4.69) is 25.5 Å². The fourth-order valence-electron chi connectivity index (χ4n) is 2.85. The van der Waals surface area contributed by atoms with Gasteiger partial charge in [-0.3, -0.25) is 14.3 Å². The zero-order valence-electron chi connectivity index (χ0n) is 16.8. The Morgan fingerprint density at radius 2 is 1.97 bits per heavy atom. The molecule has 0 aliphatic carbocycles. The van der Waals surface area contributed by atoms with Crippen molar-refractivity contribution in [3.8, 4) is 17.1 Å². The second-order valence-corrected chi connectivity index (χ2v) is 9.16. The summed E-state index contributed by atoms with van der Waals surface area (Å²) in [6.07, 6.45) is 3.43. The quantitative estimate of drug-likeness (QED) is 0.388. The summed E-state index contributed by atoms with van der Waals surface area (Å²) in [6.45, 7) is 3.84. The summed E-state index contributed by atoms with van der Waals surface area (Å²) in [4.78, 5) is 20.7. The van der Waals surface area contributed by atoms with Gasteiger partial charge in [-0.1, -0.05) is 35.5 Å². The number of aromatic nitrogens is 5. The van der Waals surface area contributed by atoms with Crippen molar-refractivity contribution in [2.75, 3.05) is 0 Å². The number of nitrogens with zero attached hydrogens (tertiary/aromatic N) is 5. The Morgan fingerprint density at radius 3 is 2.71 bits per heavy atom. The number of nitrogens with one attached hydrogen (secondary N) is 1. The number of halogens is 1. The number of hydrogen-bond donors (Lipinski definition) is 1. The zero-order chi connectivity index (χ0) is 21.8. The van der Waals surface area contributed by atoms with E-state index in [4.69, 9.17) is 11.6 Å². The first-order valence-electron chi connectivity index (χ1n) is 9.51. The van der Waals surface area contributed by atoms with Gasteiger partial charge in [0.2, 0.25) is 0 Å². The van der Waals surface area contributed by atoms with Crippen molar-refractivity contribution in [1.82, 2.24) is 30.0 Å². The highest BCUT2D eigenvalue weighted by Gasteiger charge is 2.19. The van der Waals surface area contributed by atoms with Gasteiger partial charge in [0.25, 0.3) is 5.91 Å². The third-order valence-corrected chi connectivity index (χ3v) is 6.49. The Bertz CT molecular complexity index is 1190. The van der Waals surface area contributed by atoms with Crippen LogP contribution in [0.3, 0.4) is 0 Å². The SMILES string of the molecule is CC(C)NC(=O)c1csc(CSc2nnc(-c3ccncc3)n2-c2ccccc2Cl)n1. The monoisotopic (exact) mass is 470 g/mol. The van der Waals surface area contributed by atoms with Crippen LogP contribution in [-0.4, -0.2) is 36.7 Å². The standard InChI is InChI=1S/C21H19ClN6OS2/c1-13(2)24-20(29)16-11-30-18(25-16)12-31-21-27-26-19(14-7-9-23-10-8-14)28(21)17-6-4-3-5-15(17)22/h3-11,13H,12H2,1-2H3,(H,24,29). The first-order valence-corrected chi connectivity index (χ1v) is 11.8. The summed E-state index contributed by atoms with van der Waals surface area (Å²) in [6, 6.07) is 11.4. The topological polar surface area (TPSA) is 85.6 Å². The molecule has 0 aliphatic rings. The predicted octanol–water partition coefficient (Wildman–Crippen LogP) is 4.87. The first-order chi connectivity index (χ1) is 15.0. The van der Waals surface area contributed by atoms with E-state index in [9.17, 15) is 4.79 Å². The van der Waals surface area contributed by atoms with E-state index >= 15 is 0 Å². The third kappa shape index (κ3) is 4.95. The fourth-order valence-corrected chi connectivity index (χ4v) is 4.80. The molecule has 0 fully saturated rings. The molecule has 0 radical (unpaired) electrons. The second-order valence-electron chi connectivity index (χ2n) is 6.87. The van der Waals surface area contributed by atoms with E-state index in [1.165, 1.54) is 23.1 Å². The molecule has 0 spiro atoms. The summed E-state index contributed by atoms with van der Waals surface area (Å²) >= 11 is 9.43. The minimum Gasteiger partial charge on any atom is -0.349 e. The molecule has 3 aromatic heterocycles. The molecule has 4 aromatic rings. The van der Waals surface area contributed by atoms with Crippen molar-refractivity contribution in [1.29, 1.82) is 0 Å². The molecule has 7 nitrogen and oxygen atoms in total. The lowest BCUT2D eigenvalue weighted by Crippen LogP contribution is -2.30. The van der Waals surface area contributed by atoms with Crippen LogP contribution in [0, 0.1) is 0 Å². The van der Waals surface area contributed by atoms with Gasteiger partial charge in [-0.25, -0.2) is 4.98 Å². The van der Waals surface area contributed by atoms with E-state index < -0.39 is 0 Å². The summed E-state index contributed by atoms with van der Waals surface area (Å²) in [5.74, 6) is 1.06. The molecule has 1 N–H and O–H groups in total. The normalized spacial score (nSPS) is 11.1. The number of thiazole rings is 1. The number of amides is 1. The molecule has 0 unspecified atom stereocenters. The van der Waals surface area contributed by atoms with Gasteiger partial charge in [-0.2, -0.15) is 0 Å². The average Bonchev–Trinajstić information content (AvgIpc) is 3.40. The number of carbonyl (C=O) groups excluding carboxylic acids is 1. The molecule has 10 heteroatoms. The minimum absolute atomic E-state index is 0.0628. The Morgan fingerprint density at radius 1 is 1.19 bits per heavy atom. The van der Waals surface area contributed by atoms with Crippen molar-refractivity contribution in [3.05, 3.63) is 69.9 Å². The highest BCUT2D eigenvalue weighted by Crippen LogP contribution is 2.32. The molecule has 1 aromatic carbocycles. The number of pyridine rings is 1. The largest absolute Gasteiger partial charge is 0.349 e. The van der Waals surface area contributed by atoms with Crippen molar-refractivity contribution < 1.29 is 4.79 Å². The van der Waals surface area contributed by atoms with Gasteiger partial charge in [0.15, 0.2) is 11.0 Å². The molecule has 4 rings (SSSR count). The molecule has 0 saturated carbocycles. The van der Waals surface area contributed by atoms with Crippen molar-refractivity contribution in [3.63, 3.8) is 0 Å². The van der Waals surface area contributed by atoms with Crippen molar-refractivity contribution in [2.45, 2.75) is 30.8 Å². The van der Waals surface area contributed by atoms with Crippen LogP contribution < -0.4 is 5.32 Å². The maximum atomic E-state index is 12.2. The van der Waals surface area contributed by atoms with Gasteiger partial charge in [0.1, 0.15) is 10.7 Å². The summed E-state index contributed by atoms with van der Waals surface area (Å²) in [7, 11) is 0. The third-order valence-electron chi connectivity index (χ3n) is 4.19. The van der Waals surface area contributed by atoms with Gasteiger partial charge >= 0.3 is 0 Å². The van der Waals surface area contributed by atoms with Crippen LogP contribution in [0.25, 0.3) is 17.1 Å². The number of rotatable bonds is 7. The molecular formula is C21H19ClN6OS2. The van der Waals surface area contributed by atoms with Gasteiger partial charge in [-0.15, -0.1) is 21.5 Å². The minimum atomic E-state index is -0.165. The maximum Gasteiger partial charge on any atom is 0.270 e. The van der Waals surface area contributed by atoms with Gasteiger partial charge in [0, 0.05) is 29.4 Å². The number of para-hydroxylation sites is 1. The van der Waals surface area contributed by atoms with Crippen LogP contribution in [0.4, 0.5) is 0 Å². The summed E-state index contributed by atoms with van der Waals surface area (Å²) in [5.41, 5.74) is 2.11. The Labute approximate surface area is 192 Å². The van der Waals surface area contributed by atoms with Gasteiger partial charge in [-0.05, 0) is 38.1 Å². The van der Waals surface area contributed by atoms with Crippen LogP contribution in [0.5, 0.6) is 0 Å². The highest BCUT2D eigenvalue weighted by molar-refractivity contribution is 7.98. The van der Waals surface area contributed by atoms with Crippen LogP contribution in [0.1, 0.15) is 29.3 Å². The van der Waals surface area contributed by atoms with Crippen LogP contribution >= 0.6 is 34.7 Å². The molecule has 1 amide bonds. The Hall–Kier alpha value is -2.75. The van der Waals surface area contributed by atoms with Crippen LogP contribution in [0.2, 0.25) is 5.02 Å². The number of thioether (sulfide) groups is 1. The van der Waals surface area contributed by atoms with E-state index in [0.717, 1.165) is 16.3 Å². The van der Waals surface area contributed by atoms with Gasteiger partial charge < -0.3 is 5.32 Å². The number of carbonyl (C=O) groups is 1. The predicted molar refractivity (Wildman–Crippen MR) is 124 cm³/mol. The molecular weight excluding hydrogens is 452 g/mol. The van der Waals surface area contributed by atoms with Crippen LogP contribution in [0.15, 0.2) is 59.3 Å². The molecule has 3 heterocycles. The molecule has 31 heavy (non-hydrogen) atoms. The Kier molecular flexibility index (Phi) is 6.64. The number of hydrogen-bond acceptors (Lipinski definition) is 7. The lowest BCUT2D eigenvalue weighted by atomic mass is 10.2. The summed E-state index contributed by atoms with van der Waals surface area (Å²) in [5, 5.41) is 15.6. The first kappa shape index (κ1) is 21.5. The van der Waals surface area contributed by atoms with E-state index in [1.54, 1.807) is 17.8 Å². The fraction of sp³-hybridized carbons (Fsp3) is 0.190. The molecule has 0 aliphatic heterocycles. The van der Waals surface area contributed by atoms with E-state index in [-0.39, 0.29) is 11.9 Å². The Balaban J connectivity index is 1.62. The van der Waals surface area contributed by atoms with Gasteiger partial charge in [0.05, 0.1) is 16.5 Å². The molecule has 0 saturated heterocycles. The molecule has 0 bridgehead atoms. The maximum absolute atomic E-state index is 12.2. The molecule has 158 valence electrons. The lowest BCUT2D eigenvalue weighted by Gasteiger charge is -2.11. The summed E-state index contributed by atoms with van der Waals surface area (Å²) < 4.78 is 1.93. The van der Waals surface area contributed by atoms with E-state index in [0.29, 0.717) is 27.5 Å². The highest BCUT2D eigenvalue weighted by atomic mass is 35.5. The smallest absolute Gasteiger partial charge is 0.270 e.